The summed E-state index contributed by atoms with van der Waals surface area (Å²) in [5, 5.41) is 15.5. The number of piperidine rings is 1. The zero-order valence-corrected chi connectivity index (χ0v) is 16.4. The van der Waals surface area contributed by atoms with Crippen molar-refractivity contribution in [3.63, 3.8) is 0 Å². The van der Waals surface area contributed by atoms with Crippen LogP contribution >= 0.6 is 0 Å². The van der Waals surface area contributed by atoms with Gasteiger partial charge in [-0.05, 0) is 56.5 Å². The zero-order chi connectivity index (χ0) is 19.7. The molecular formula is C23H26FN3O. The Balaban J connectivity index is 1.45. The second-order valence-corrected chi connectivity index (χ2v) is 7.80. The first-order chi connectivity index (χ1) is 13.4. The van der Waals surface area contributed by atoms with E-state index in [0.29, 0.717) is 18.4 Å². The van der Waals surface area contributed by atoms with Crippen LogP contribution in [0, 0.1) is 19.7 Å². The quantitative estimate of drug-likeness (QED) is 0.742. The van der Waals surface area contributed by atoms with E-state index in [-0.39, 0.29) is 5.82 Å². The number of benzene rings is 2. The molecule has 0 unspecified atom stereocenters. The molecule has 1 aliphatic heterocycles. The molecule has 1 N–H and O–H groups in total. The monoisotopic (exact) mass is 379 g/mol. The van der Waals surface area contributed by atoms with Crippen molar-refractivity contribution in [3.8, 4) is 5.69 Å². The van der Waals surface area contributed by atoms with Crippen LogP contribution in [0.3, 0.4) is 0 Å². The summed E-state index contributed by atoms with van der Waals surface area (Å²) in [4.78, 5) is 2.32. The highest BCUT2D eigenvalue weighted by atomic mass is 19.1. The fraction of sp³-hybridized carbons (Fsp3) is 0.348. The molecule has 0 radical (unpaired) electrons. The lowest BCUT2D eigenvalue weighted by molar-refractivity contribution is -0.0302. The smallest absolute Gasteiger partial charge is 0.129 e. The van der Waals surface area contributed by atoms with Crippen molar-refractivity contribution in [2.45, 2.75) is 38.8 Å². The molecule has 0 spiro atoms. The Morgan fingerprint density at radius 3 is 2.46 bits per heavy atom. The Kier molecular flexibility index (Phi) is 5.04. The summed E-state index contributed by atoms with van der Waals surface area (Å²) in [6.07, 6.45) is 1.07. The standard InChI is InChI=1S/C23H26FN3O/c1-17-14-18(2)27(25-17)20-7-5-6-19(15-20)16-26-12-10-23(28,11-13-26)21-8-3-4-9-22(21)24/h3-9,14-15,28H,10-13,16H2,1-2H3. The predicted molar refractivity (Wildman–Crippen MR) is 108 cm³/mol. The summed E-state index contributed by atoms with van der Waals surface area (Å²) in [6, 6.07) is 17.0. The SMILES string of the molecule is Cc1cc(C)n(-c2cccc(CN3CCC(O)(c4ccccc4F)CC3)c2)n1. The Morgan fingerprint density at radius 2 is 1.79 bits per heavy atom. The van der Waals surface area contributed by atoms with Gasteiger partial charge in [0, 0.05) is 30.9 Å². The van der Waals surface area contributed by atoms with Crippen molar-refractivity contribution < 1.29 is 9.50 Å². The Morgan fingerprint density at radius 1 is 1.04 bits per heavy atom. The average molecular weight is 379 g/mol. The average Bonchev–Trinajstić information content (AvgIpc) is 3.02. The van der Waals surface area contributed by atoms with Gasteiger partial charge in [0.25, 0.3) is 0 Å². The molecule has 1 saturated heterocycles. The van der Waals surface area contributed by atoms with Gasteiger partial charge in [-0.25, -0.2) is 9.07 Å². The van der Waals surface area contributed by atoms with Crippen molar-refractivity contribution in [1.82, 2.24) is 14.7 Å². The van der Waals surface area contributed by atoms with Gasteiger partial charge in [0.05, 0.1) is 17.0 Å². The van der Waals surface area contributed by atoms with Crippen molar-refractivity contribution >= 4 is 0 Å². The highest BCUT2D eigenvalue weighted by Crippen LogP contribution is 2.34. The molecule has 2 aromatic carbocycles. The molecule has 146 valence electrons. The maximum absolute atomic E-state index is 14.1. The second-order valence-electron chi connectivity index (χ2n) is 7.80. The summed E-state index contributed by atoms with van der Waals surface area (Å²) < 4.78 is 16.1. The van der Waals surface area contributed by atoms with Gasteiger partial charge in [0.2, 0.25) is 0 Å². The number of halogens is 1. The molecule has 0 saturated carbocycles. The molecule has 1 aliphatic rings. The lowest BCUT2D eigenvalue weighted by Crippen LogP contribution is -2.42. The number of aliphatic hydroxyl groups is 1. The van der Waals surface area contributed by atoms with E-state index < -0.39 is 5.60 Å². The molecule has 1 fully saturated rings. The summed E-state index contributed by atoms with van der Waals surface area (Å²) in [5.41, 5.74) is 3.73. The first kappa shape index (κ1) is 18.8. The van der Waals surface area contributed by atoms with E-state index in [4.69, 9.17) is 0 Å². The van der Waals surface area contributed by atoms with E-state index in [1.807, 2.05) is 11.6 Å². The number of aromatic nitrogens is 2. The molecule has 4 nitrogen and oxygen atoms in total. The van der Waals surface area contributed by atoms with E-state index >= 15 is 0 Å². The lowest BCUT2D eigenvalue weighted by Gasteiger charge is -2.38. The minimum absolute atomic E-state index is 0.323. The van der Waals surface area contributed by atoms with Crippen LogP contribution in [0.25, 0.3) is 5.69 Å². The summed E-state index contributed by atoms with van der Waals surface area (Å²) in [7, 11) is 0. The molecule has 1 aromatic heterocycles. The highest BCUT2D eigenvalue weighted by Gasteiger charge is 2.35. The molecule has 4 rings (SSSR count). The van der Waals surface area contributed by atoms with Crippen LogP contribution in [-0.4, -0.2) is 32.9 Å². The normalized spacial score (nSPS) is 17.0. The van der Waals surface area contributed by atoms with Gasteiger partial charge < -0.3 is 5.11 Å². The van der Waals surface area contributed by atoms with Gasteiger partial charge in [0.15, 0.2) is 0 Å². The Labute approximate surface area is 165 Å². The van der Waals surface area contributed by atoms with Crippen LogP contribution in [0.1, 0.15) is 35.4 Å². The number of hydrogen-bond acceptors (Lipinski definition) is 3. The van der Waals surface area contributed by atoms with Crippen molar-refractivity contribution in [1.29, 1.82) is 0 Å². The van der Waals surface area contributed by atoms with Gasteiger partial charge >= 0.3 is 0 Å². The third kappa shape index (κ3) is 3.73. The van der Waals surface area contributed by atoms with Crippen LogP contribution in [0.5, 0.6) is 0 Å². The van der Waals surface area contributed by atoms with E-state index in [1.165, 1.54) is 11.6 Å². The second kappa shape index (κ2) is 7.49. The maximum atomic E-state index is 14.1. The van der Waals surface area contributed by atoms with Gasteiger partial charge in [-0.2, -0.15) is 5.10 Å². The maximum Gasteiger partial charge on any atom is 0.129 e. The number of rotatable bonds is 4. The summed E-state index contributed by atoms with van der Waals surface area (Å²) in [5.74, 6) is -0.323. The Hall–Kier alpha value is -2.50. The molecule has 2 heterocycles. The molecule has 0 bridgehead atoms. The first-order valence-electron chi connectivity index (χ1n) is 9.77. The van der Waals surface area contributed by atoms with E-state index in [0.717, 1.165) is 36.7 Å². The third-order valence-electron chi connectivity index (χ3n) is 5.63. The number of likely N-dealkylation sites (tertiary alicyclic amines) is 1. The van der Waals surface area contributed by atoms with Crippen LogP contribution in [0.4, 0.5) is 4.39 Å². The van der Waals surface area contributed by atoms with E-state index in [1.54, 1.807) is 18.2 Å². The van der Waals surface area contributed by atoms with Gasteiger partial charge in [-0.3, -0.25) is 4.90 Å². The molecule has 3 aromatic rings. The zero-order valence-electron chi connectivity index (χ0n) is 16.4. The van der Waals surface area contributed by atoms with Gasteiger partial charge in [-0.15, -0.1) is 0 Å². The van der Waals surface area contributed by atoms with Crippen molar-refractivity contribution in [3.05, 3.63) is 82.9 Å². The predicted octanol–water partition coefficient (Wildman–Crippen LogP) is 4.11. The first-order valence-corrected chi connectivity index (χ1v) is 9.77. The molecular weight excluding hydrogens is 353 g/mol. The van der Waals surface area contributed by atoms with E-state index in [2.05, 4.69) is 47.3 Å². The van der Waals surface area contributed by atoms with Crippen LogP contribution in [-0.2, 0) is 12.1 Å². The number of aryl methyl sites for hydroxylation is 2. The van der Waals surface area contributed by atoms with E-state index in [9.17, 15) is 9.50 Å². The van der Waals surface area contributed by atoms with Crippen LogP contribution in [0.15, 0.2) is 54.6 Å². The topological polar surface area (TPSA) is 41.3 Å². The van der Waals surface area contributed by atoms with Crippen LogP contribution in [0.2, 0.25) is 0 Å². The van der Waals surface area contributed by atoms with Crippen LogP contribution < -0.4 is 0 Å². The Bertz CT molecular complexity index is 973. The number of nitrogens with zero attached hydrogens (tertiary/aromatic N) is 3. The van der Waals surface area contributed by atoms with Gasteiger partial charge in [0.1, 0.15) is 5.82 Å². The fourth-order valence-electron chi connectivity index (χ4n) is 4.12. The fourth-order valence-corrected chi connectivity index (χ4v) is 4.12. The van der Waals surface area contributed by atoms with Crippen molar-refractivity contribution in [2.24, 2.45) is 0 Å². The molecule has 0 amide bonds. The summed E-state index contributed by atoms with van der Waals surface area (Å²) in [6.45, 7) is 6.32. The highest BCUT2D eigenvalue weighted by molar-refractivity contribution is 5.37. The minimum atomic E-state index is -1.08. The summed E-state index contributed by atoms with van der Waals surface area (Å²) >= 11 is 0. The molecule has 5 heteroatoms. The molecule has 0 atom stereocenters. The largest absolute Gasteiger partial charge is 0.385 e. The molecule has 28 heavy (non-hydrogen) atoms. The van der Waals surface area contributed by atoms with Crippen molar-refractivity contribution in [2.75, 3.05) is 13.1 Å². The van der Waals surface area contributed by atoms with Gasteiger partial charge in [-0.1, -0.05) is 30.3 Å². The minimum Gasteiger partial charge on any atom is -0.385 e. The number of hydrogen-bond donors (Lipinski definition) is 1. The third-order valence-corrected chi connectivity index (χ3v) is 5.63. The molecule has 0 aliphatic carbocycles. The lowest BCUT2D eigenvalue weighted by atomic mass is 9.84.